The molecule has 0 aliphatic rings. The number of rotatable bonds is 6. The van der Waals surface area contributed by atoms with E-state index in [-0.39, 0.29) is 28.3 Å². The number of hydrogen-bond acceptors (Lipinski definition) is 4. The average Bonchev–Trinajstić information content (AvgIpc) is 3.08. The van der Waals surface area contributed by atoms with Gasteiger partial charge in [-0.2, -0.15) is 31.4 Å². The van der Waals surface area contributed by atoms with E-state index in [2.05, 4.69) is 5.10 Å². The van der Waals surface area contributed by atoms with E-state index in [9.17, 15) is 26.3 Å². The fourth-order valence-electron chi connectivity index (χ4n) is 2.32. The monoisotopic (exact) mass is 452 g/mol. The van der Waals surface area contributed by atoms with Gasteiger partial charge in [0.05, 0.1) is 23.9 Å². The minimum absolute atomic E-state index is 0.00687. The third kappa shape index (κ3) is 6.46. The van der Waals surface area contributed by atoms with Crippen molar-refractivity contribution in [2.75, 3.05) is 27.2 Å². The van der Waals surface area contributed by atoms with Gasteiger partial charge in [-0.05, 0) is 56.6 Å². The highest BCUT2D eigenvalue weighted by molar-refractivity contribution is 7.80. The molecule has 0 spiro atoms. The number of halogens is 6. The number of hydrazone groups is 1. The van der Waals surface area contributed by atoms with E-state index in [1.54, 1.807) is 0 Å². The molecule has 0 saturated heterocycles. The van der Waals surface area contributed by atoms with Crippen LogP contribution in [0.1, 0.15) is 16.9 Å². The van der Waals surface area contributed by atoms with Crippen molar-refractivity contribution in [2.45, 2.75) is 12.4 Å². The Kier molecular flexibility index (Phi) is 7.14. The number of furan rings is 1. The largest absolute Gasteiger partial charge is 0.455 e. The molecule has 1 heterocycles. The third-order valence-electron chi connectivity index (χ3n) is 3.84. The molecule has 0 bridgehead atoms. The van der Waals surface area contributed by atoms with Gasteiger partial charge in [-0.3, -0.25) is 0 Å². The van der Waals surface area contributed by atoms with Gasteiger partial charge < -0.3 is 15.1 Å². The van der Waals surface area contributed by atoms with Crippen LogP contribution >= 0.6 is 12.2 Å². The van der Waals surface area contributed by atoms with E-state index in [1.807, 2.05) is 19.0 Å². The minimum atomic E-state index is -4.95. The lowest BCUT2D eigenvalue weighted by molar-refractivity contribution is -0.143. The molecule has 1 aromatic carbocycles. The van der Waals surface area contributed by atoms with Crippen molar-refractivity contribution in [1.29, 1.82) is 0 Å². The van der Waals surface area contributed by atoms with Crippen molar-refractivity contribution in [3.05, 3.63) is 47.2 Å². The summed E-state index contributed by atoms with van der Waals surface area (Å²) < 4.78 is 83.5. The predicted molar refractivity (Wildman–Crippen MR) is 104 cm³/mol. The Morgan fingerprint density at radius 3 is 2.07 bits per heavy atom. The molecule has 30 heavy (non-hydrogen) atoms. The molecule has 2 rings (SSSR count). The first-order chi connectivity index (χ1) is 13.8. The number of thiocarbonyl (C=S) groups is 1. The van der Waals surface area contributed by atoms with E-state index < -0.39 is 23.5 Å². The molecule has 0 atom stereocenters. The quantitative estimate of drug-likeness (QED) is 0.304. The predicted octanol–water partition coefficient (Wildman–Crippen LogP) is 4.43. The summed E-state index contributed by atoms with van der Waals surface area (Å²) in [4.78, 5) is 1.87. The van der Waals surface area contributed by atoms with Crippen LogP contribution in [0.25, 0.3) is 11.3 Å². The summed E-state index contributed by atoms with van der Waals surface area (Å²) in [6.07, 6.45) is -8.68. The van der Waals surface area contributed by atoms with Crippen LogP contribution in [0.4, 0.5) is 26.3 Å². The fourth-order valence-corrected chi connectivity index (χ4v) is 2.46. The second-order valence-corrected chi connectivity index (χ2v) is 6.92. The molecule has 164 valence electrons. The molecule has 0 fully saturated rings. The van der Waals surface area contributed by atoms with Crippen LogP contribution in [0.3, 0.4) is 0 Å². The van der Waals surface area contributed by atoms with Gasteiger partial charge in [0.25, 0.3) is 0 Å². The van der Waals surface area contributed by atoms with Gasteiger partial charge in [0.2, 0.25) is 0 Å². The van der Waals surface area contributed by atoms with Gasteiger partial charge >= 0.3 is 12.4 Å². The number of nitrogens with two attached hydrogens (primary N) is 1. The molecule has 2 N–H and O–H groups in total. The van der Waals surface area contributed by atoms with Crippen molar-refractivity contribution in [2.24, 2.45) is 10.8 Å². The lowest BCUT2D eigenvalue weighted by Gasteiger charge is -2.18. The number of alkyl halides is 6. The first-order valence-corrected chi connectivity index (χ1v) is 8.83. The third-order valence-corrected chi connectivity index (χ3v) is 4.05. The van der Waals surface area contributed by atoms with Crippen molar-refractivity contribution >= 4 is 23.5 Å². The van der Waals surface area contributed by atoms with Crippen LogP contribution in [0, 0.1) is 0 Å². The highest BCUT2D eigenvalue weighted by atomic mass is 32.1. The molecule has 0 aliphatic carbocycles. The van der Waals surface area contributed by atoms with Gasteiger partial charge in [0.15, 0.2) is 5.11 Å². The molecule has 0 amide bonds. The Morgan fingerprint density at radius 2 is 1.60 bits per heavy atom. The summed E-state index contributed by atoms with van der Waals surface area (Å²) in [5.41, 5.74) is 2.36. The maximum Gasteiger partial charge on any atom is 0.416 e. The van der Waals surface area contributed by atoms with Crippen molar-refractivity contribution < 1.29 is 30.8 Å². The van der Waals surface area contributed by atoms with Gasteiger partial charge in [0, 0.05) is 12.1 Å². The van der Waals surface area contributed by atoms with E-state index in [0.717, 1.165) is 0 Å². The number of hydrogen-bond donors (Lipinski definition) is 1. The number of benzene rings is 1. The fraction of sp³-hybridized carbons (Fsp3) is 0.333. The van der Waals surface area contributed by atoms with E-state index in [1.165, 1.54) is 23.4 Å². The minimum Gasteiger partial charge on any atom is -0.455 e. The Morgan fingerprint density at radius 1 is 1.03 bits per heavy atom. The first kappa shape index (κ1) is 23.7. The SMILES string of the molecule is CN(C)CCN(N=Cc1ccc(-c2cc(C(F)(F)F)cc(C(F)(F)F)c2)o1)C(N)=S. The zero-order valence-electron chi connectivity index (χ0n) is 15.9. The van der Waals surface area contributed by atoms with Crippen LogP contribution < -0.4 is 5.73 Å². The molecule has 0 aliphatic heterocycles. The normalized spacial score (nSPS) is 12.7. The van der Waals surface area contributed by atoms with E-state index in [4.69, 9.17) is 22.4 Å². The zero-order valence-corrected chi connectivity index (χ0v) is 16.7. The first-order valence-electron chi connectivity index (χ1n) is 8.43. The lowest BCUT2D eigenvalue weighted by atomic mass is 10.0. The summed E-state index contributed by atoms with van der Waals surface area (Å²) in [7, 11) is 3.68. The second kappa shape index (κ2) is 9.04. The Balaban J connectivity index is 2.34. The van der Waals surface area contributed by atoms with Crippen LogP contribution in [-0.4, -0.2) is 48.4 Å². The maximum absolute atomic E-state index is 13.0. The van der Waals surface area contributed by atoms with Gasteiger partial charge in [0.1, 0.15) is 11.5 Å². The van der Waals surface area contributed by atoms with Gasteiger partial charge in [-0.15, -0.1) is 0 Å². The zero-order chi connectivity index (χ0) is 22.7. The molecular formula is C18H18F6N4OS. The van der Waals surface area contributed by atoms with Crippen molar-refractivity contribution in [1.82, 2.24) is 9.91 Å². The Hall–Kier alpha value is -2.60. The van der Waals surface area contributed by atoms with Gasteiger partial charge in [-0.1, -0.05) is 0 Å². The molecule has 2 aromatic rings. The average molecular weight is 452 g/mol. The second-order valence-electron chi connectivity index (χ2n) is 6.51. The number of nitrogens with zero attached hydrogens (tertiary/aromatic N) is 3. The highest BCUT2D eigenvalue weighted by Crippen LogP contribution is 2.38. The Labute approximate surface area is 173 Å². The molecule has 0 radical (unpaired) electrons. The summed E-state index contributed by atoms with van der Waals surface area (Å²) in [5.74, 6) is -0.0784. The molecular weight excluding hydrogens is 434 g/mol. The summed E-state index contributed by atoms with van der Waals surface area (Å²) in [6, 6.07) is 3.85. The van der Waals surface area contributed by atoms with Crippen molar-refractivity contribution in [3.63, 3.8) is 0 Å². The standard InChI is InChI=1S/C18H18F6N4OS/c1-27(2)5-6-28(16(25)30)26-10-14-3-4-15(29-14)11-7-12(17(19,20)21)9-13(8-11)18(22,23)24/h3-4,7-10H,5-6H2,1-2H3,(H2,25,30). The lowest BCUT2D eigenvalue weighted by Crippen LogP contribution is -2.36. The van der Waals surface area contributed by atoms with Crippen LogP contribution in [0.5, 0.6) is 0 Å². The summed E-state index contributed by atoms with van der Waals surface area (Å²) in [5, 5.41) is 5.35. The Bertz CT molecular complexity index is 888. The molecule has 0 saturated carbocycles. The maximum atomic E-state index is 13.0. The molecule has 5 nitrogen and oxygen atoms in total. The van der Waals surface area contributed by atoms with Crippen LogP contribution in [0.15, 0.2) is 39.9 Å². The van der Waals surface area contributed by atoms with Crippen LogP contribution in [0.2, 0.25) is 0 Å². The molecule has 1 aromatic heterocycles. The number of likely N-dealkylation sites (N-methyl/N-ethyl adjacent to an activating group) is 1. The topological polar surface area (TPSA) is 58.0 Å². The summed E-state index contributed by atoms with van der Waals surface area (Å²) >= 11 is 4.89. The van der Waals surface area contributed by atoms with Gasteiger partial charge in [-0.25, -0.2) is 5.01 Å². The smallest absolute Gasteiger partial charge is 0.416 e. The molecule has 12 heteroatoms. The van der Waals surface area contributed by atoms with Crippen LogP contribution in [-0.2, 0) is 12.4 Å². The van der Waals surface area contributed by atoms with Crippen molar-refractivity contribution in [3.8, 4) is 11.3 Å². The van der Waals surface area contributed by atoms with E-state index in [0.29, 0.717) is 25.2 Å². The summed E-state index contributed by atoms with van der Waals surface area (Å²) in [6.45, 7) is 0.956. The highest BCUT2D eigenvalue weighted by Gasteiger charge is 2.37. The van der Waals surface area contributed by atoms with E-state index >= 15 is 0 Å². The molecule has 0 unspecified atom stereocenters.